The number of rotatable bonds is 11. The second-order valence-corrected chi connectivity index (χ2v) is 8.34. The molecule has 6 heteroatoms. The molecular weight excluding hydrogens is 402 g/mol. The third-order valence-corrected chi connectivity index (χ3v) is 5.57. The van der Waals surface area contributed by atoms with Gasteiger partial charge in [0, 0.05) is 19.1 Å². The average molecular weight is 438 g/mol. The first-order valence-corrected chi connectivity index (χ1v) is 11.3. The number of aliphatic hydroxyl groups excluding tert-OH is 1. The zero-order valence-electron chi connectivity index (χ0n) is 19.8. The number of aryl methyl sites for hydroxylation is 1. The van der Waals surface area contributed by atoms with Gasteiger partial charge in [-0.1, -0.05) is 43.7 Å². The minimum atomic E-state index is -0.356. The number of methoxy groups -OCH3 is 1. The predicted molar refractivity (Wildman–Crippen MR) is 128 cm³/mol. The van der Waals surface area contributed by atoms with E-state index in [1.54, 1.807) is 7.11 Å². The van der Waals surface area contributed by atoms with E-state index in [-0.39, 0.29) is 12.1 Å². The van der Waals surface area contributed by atoms with Crippen molar-refractivity contribution < 1.29 is 14.6 Å². The quantitative estimate of drug-likeness (QED) is 0.438. The lowest BCUT2D eigenvalue weighted by molar-refractivity contribution is 0.0837. The summed E-state index contributed by atoms with van der Waals surface area (Å²) in [4.78, 5) is 2.27. The number of ether oxygens (including phenoxy) is 2. The summed E-state index contributed by atoms with van der Waals surface area (Å²) < 4.78 is 13.8. The Kier molecular flexibility index (Phi) is 8.31. The lowest BCUT2D eigenvalue weighted by Gasteiger charge is -2.29. The Hall–Kier alpha value is -2.83. The Morgan fingerprint density at radius 3 is 2.31 bits per heavy atom. The molecule has 1 aromatic heterocycles. The number of para-hydroxylation sites is 3. The van der Waals surface area contributed by atoms with E-state index in [2.05, 4.69) is 25.7 Å². The van der Waals surface area contributed by atoms with Gasteiger partial charge in [0.25, 0.3) is 0 Å². The second-order valence-electron chi connectivity index (χ2n) is 8.34. The molecule has 1 heterocycles. The molecule has 0 amide bonds. The molecule has 172 valence electrons. The Balaban J connectivity index is 2.04. The SMILES string of the molecule is CCCC(O)CN(Cc1c(C)nn(-c2ccccc2)c1Oc1ccccc1OC)C(C)C. The molecule has 0 bridgehead atoms. The maximum atomic E-state index is 10.5. The number of benzene rings is 2. The molecule has 32 heavy (non-hydrogen) atoms. The van der Waals surface area contributed by atoms with Crippen molar-refractivity contribution in [3.05, 3.63) is 65.9 Å². The van der Waals surface area contributed by atoms with Crippen molar-refractivity contribution in [3.8, 4) is 23.1 Å². The molecule has 6 nitrogen and oxygen atoms in total. The summed E-state index contributed by atoms with van der Waals surface area (Å²) in [6, 6.07) is 17.9. The van der Waals surface area contributed by atoms with E-state index >= 15 is 0 Å². The number of hydrogen-bond donors (Lipinski definition) is 1. The zero-order valence-corrected chi connectivity index (χ0v) is 19.8. The van der Waals surface area contributed by atoms with Gasteiger partial charge in [0.15, 0.2) is 11.5 Å². The van der Waals surface area contributed by atoms with E-state index in [0.717, 1.165) is 29.8 Å². The fraction of sp³-hybridized carbons (Fsp3) is 0.423. The third-order valence-electron chi connectivity index (χ3n) is 5.57. The van der Waals surface area contributed by atoms with Crippen molar-refractivity contribution in [2.45, 2.75) is 59.2 Å². The lowest BCUT2D eigenvalue weighted by Crippen LogP contribution is -2.37. The van der Waals surface area contributed by atoms with Gasteiger partial charge in [-0.15, -0.1) is 0 Å². The van der Waals surface area contributed by atoms with Crippen molar-refractivity contribution in [3.63, 3.8) is 0 Å². The Morgan fingerprint density at radius 1 is 1.03 bits per heavy atom. The predicted octanol–water partition coefficient (Wildman–Crippen LogP) is 5.35. The highest BCUT2D eigenvalue weighted by Crippen LogP contribution is 2.36. The molecule has 3 aromatic rings. The van der Waals surface area contributed by atoms with Crippen molar-refractivity contribution in [1.82, 2.24) is 14.7 Å². The molecule has 1 unspecified atom stereocenters. The van der Waals surface area contributed by atoms with Crippen molar-refractivity contribution in [2.75, 3.05) is 13.7 Å². The van der Waals surface area contributed by atoms with Gasteiger partial charge in [-0.2, -0.15) is 5.10 Å². The van der Waals surface area contributed by atoms with E-state index in [1.165, 1.54) is 0 Å². The van der Waals surface area contributed by atoms with E-state index < -0.39 is 0 Å². The molecule has 0 spiro atoms. The van der Waals surface area contributed by atoms with Gasteiger partial charge >= 0.3 is 0 Å². The molecular formula is C26H35N3O3. The first-order chi connectivity index (χ1) is 15.4. The summed E-state index contributed by atoms with van der Waals surface area (Å²) in [5, 5.41) is 15.3. The summed E-state index contributed by atoms with van der Waals surface area (Å²) in [5.74, 6) is 1.96. The maximum absolute atomic E-state index is 10.5. The summed E-state index contributed by atoms with van der Waals surface area (Å²) >= 11 is 0. The molecule has 0 aliphatic carbocycles. The summed E-state index contributed by atoms with van der Waals surface area (Å²) in [6.07, 6.45) is 1.39. The third kappa shape index (κ3) is 5.69. The standard InChI is InChI=1S/C26H35N3O3/c1-6-12-22(30)17-28(19(2)3)18-23-20(4)27-29(21-13-8-7-9-14-21)26(23)32-25-16-11-10-15-24(25)31-5/h7-11,13-16,19,22,30H,6,12,17-18H2,1-5H3. The van der Waals surface area contributed by atoms with Gasteiger partial charge in [-0.3, -0.25) is 4.90 Å². The van der Waals surface area contributed by atoms with Crippen LogP contribution in [0, 0.1) is 6.92 Å². The molecule has 0 saturated carbocycles. The minimum absolute atomic E-state index is 0.264. The molecule has 0 saturated heterocycles. The van der Waals surface area contributed by atoms with E-state index in [0.29, 0.717) is 30.5 Å². The van der Waals surface area contributed by atoms with Crippen LogP contribution in [-0.4, -0.2) is 45.6 Å². The van der Waals surface area contributed by atoms with Crippen LogP contribution in [0.5, 0.6) is 17.4 Å². The van der Waals surface area contributed by atoms with Crippen LogP contribution in [-0.2, 0) is 6.54 Å². The van der Waals surface area contributed by atoms with Crippen molar-refractivity contribution >= 4 is 0 Å². The number of nitrogens with zero attached hydrogens (tertiary/aromatic N) is 3. The highest BCUT2D eigenvalue weighted by atomic mass is 16.5. The largest absolute Gasteiger partial charge is 0.493 e. The highest BCUT2D eigenvalue weighted by molar-refractivity contribution is 5.47. The highest BCUT2D eigenvalue weighted by Gasteiger charge is 2.24. The number of aromatic nitrogens is 2. The van der Waals surface area contributed by atoms with Gasteiger partial charge in [-0.25, -0.2) is 4.68 Å². The Labute approximate surface area is 191 Å². The number of hydrogen-bond acceptors (Lipinski definition) is 5. The second kappa shape index (κ2) is 11.2. The van der Waals surface area contributed by atoms with Crippen LogP contribution in [0.2, 0.25) is 0 Å². The first-order valence-electron chi connectivity index (χ1n) is 11.3. The van der Waals surface area contributed by atoms with Crippen LogP contribution in [0.3, 0.4) is 0 Å². The summed E-state index contributed by atoms with van der Waals surface area (Å²) in [6.45, 7) is 9.63. The zero-order chi connectivity index (χ0) is 23.1. The van der Waals surface area contributed by atoms with E-state index in [9.17, 15) is 5.11 Å². The van der Waals surface area contributed by atoms with E-state index in [4.69, 9.17) is 14.6 Å². The first kappa shape index (κ1) is 23.8. The lowest BCUT2D eigenvalue weighted by atomic mass is 10.1. The summed E-state index contributed by atoms with van der Waals surface area (Å²) in [5.41, 5.74) is 2.82. The number of aliphatic hydroxyl groups is 1. The summed E-state index contributed by atoms with van der Waals surface area (Å²) in [7, 11) is 1.64. The molecule has 0 aliphatic heterocycles. The molecule has 0 fully saturated rings. The molecule has 1 N–H and O–H groups in total. The van der Waals surface area contributed by atoms with Crippen LogP contribution in [0.15, 0.2) is 54.6 Å². The van der Waals surface area contributed by atoms with E-state index in [1.807, 2.05) is 66.2 Å². The van der Waals surface area contributed by atoms with Crippen LogP contribution < -0.4 is 9.47 Å². The Bertz CT molecular complexity index is 985. The molecule has 0 radical (unpaired) electrons. The Morgan fingerprint density at radius 2 is 1.69 bits per heavy atom. The van der Waals surface area contributed by atoms with Gasteiger partial charge in [0.2, 0.25) is 5.88 Å². The van der Waals surface area contributed by atoms with Crippen LogP contribution >= 0.6 is 0 Å². The van der Waals surface area contributed by atoms with Crippen LogP contribution in [0.25, 0.3) is 5.69 Å². The van der Waals surface area contributed by atoms with Gasteiger partial charge < -0.3 is 14.6 Å². The maximum Gasteiger partial charge on any atom is 0.227 e. The van der Waals surface area contributed by atoms with Crippen LogP contribution in [0.4, 0.5) is 0 Å². The van der Waals surface area contributed by atoms with Gasteiger partial charge in [0.1, 0.15) is 0 Å². The topological polar surface area (TPSA) is 59.8 Å². The smallest absolute Gasteiger partial charge is 0.227 e. The molecule has 2 aromatic carbocycles. The molecule has 1 atom stereocenters. The van der Waals surface area contributed by atoms with Gasteiger partial charge in [-0.05, 0) is 51.5 Å². The van der Waals surface area contributed by atoms with Crippen molar-refractivity contribution in [1.29, 1.82) is 0 Å². The monoisotopic (exact) mass is 437 g/mol. The van der Waals surface area contributed by atoms with Crippen LogP contribution in [0.1, 0.15) is 44.9 Å². The molecule has 3 rings (SSSR count). The minimum Gasteiger partial charge on any atom is -0.493 e. The fourth-order valence-electron chi connectivity index (χ4n) is 3.73. The normalized spacial score (nSPS) is 12.4. The fourth-order valence-corrected chi connectivity index (χ4v) is 3.73. The van der Waals surface area contributed by atoms with Gasteiger partial charge in [0.05, 0.1) is 30.2 Å². The average Bonchev–Trinajstić information content (AvgIpc) is 3.09. The molecule has 0 aliphatic rings. The van der Waals surface area contributed by atoms with Crippen molar-refractivity contribution in [2.24, 2.45) is 0 Å².